The summed E-state index contributed by atoms with van der Waals surface area (Å²) in [5.74, 6) is -0.269. The zero-order chi connectivity index (χ0) is 8.97. The molecule has 1 amide bonds. The van der Waals surface area contributed by atoms with Crippen LogP contribution >= 0.6 is 27.5 Å². The van der Waals surface area contributed by atoms with Gasteiger partial charge in [-0.05, 0) is 28.1 Å². The van der Waals surface area contributed by atoms with Gasteiger partial charge in [-0.25, -0.2) is 4.98 Å². The fourth-order valence-electron chi connectivity index (χ4n) is 0.675. The van der Waals surface area contributed by atoms with E-state index in [9.17, 15) is 4.79 Å². The number of carbonyl (C=O) groups is 1. The zero-order valence-electron chi connectivity index (χ0n) is 6.05. The summed E-state index contributed by atoms with van der Waals surface area (Å²) in [7, 11) is 0. The van der Waals surface area contributed by atoms with E-state index in [1.807, 2.05) is 0 Å². The number of hydrogen-bond donors (Lipinski definition) is 1. The molecule has 5 heteroatoms. The van der Waals surface area contributed by atoms with E-state index in [1.165, 1.54) is 0 Å². The SMILES string of the molecule is O=C(CCl)Nc1ccnc(Br)c1. The van der Waals surface area contributed by atoms with Crippen molar-refractivity contribution in [1.82, 2.24) is 4.98 Å². The number of rotatable bonds is 2. The van der Waals surface area contributed by atoms with Crippen LogP contribution in [0.4, 0.5) is 5.69 Å². The summed E-state index contributed by atoms with van der Waals surface area (Å²) < 4.78 is 0.676. The predicted molar refractivity (Wildman–Crippen MR) is 51.3 cm³/mol. The van der Waals surface area contributed by atoms with Gasteiger partial charge in [0.05, 0.1) is 0 Å². The number of alkyl halides is 1. The monoisotopic (exact) mass is 248 g/mol. The van der Waals surface area contributed by atoms with Gasteiger partial charge in [0, 0.05) is 11.9 Å². The van der Waals surface area contributed by atoms with Crippen LogP contribution in [-0.2, 0) is 4.79 Å². The Kier molecular flexibility index (Phi) is 3.49. The summed E-state index contributed by atoms with van der Waals surface area (Å²) in [5, 5.41) is 2.59. The fourth-order valence-corrected chi connectivity index (χ4v) is 1.11. The van der Waals surface area contributed by atoms with Crippen LogP contribution in [0.1, 0.15) is 0 Å². The van der Waals surface area contributed by atoms with Crippen LogP contribution in [0.15, 0.2) is 22.9 Å². The van der Waals surface area contributed by atoms with Crippen molar-refractivity contribution in [3.05, 3.63) is 22.9 Å². The Morgan fingerprint density at radius 2 is 2.50 bits per heavy atom. The van der Waals surface area contributed by atoms with E-state index in [1.54, 1.807) is 18.3 Å². The van der Waals surface area contributed by atoms with Gasteiger partial charge in [0.15, 0.2) is 0 Å². The average Bonchev–Trinajstić information content (AvgIpc) is 2.04. The van der Waals surface area contributed by atoms with Crippen LogP contribution in [0.3, 0.4) is 0 Å². The summed E-state index contributed by atoms with van der Waals surface area (Å²) in [6.45, 7) is 0. The lowest BCUT2D eigenvalue weighted by atomic mass is 10.4. The van der Waals surface area contributed by atoms with Gasteiger partial charge >= 0.3 is 0 Å². The first-order valence-electron chi connectivity index (χ1n) is 3.20. The molecule has 3 nitrogen and oxygen atoms in total. The van der Waals surface area contributed by atoms with Gasteiger partial charge in [0.1, 0.15) is 10.5 Å². The molecule has 0 aliphatic carbocycles. The van der Waals surface area contributed by atoms with Gasteiger partial charge in [-0.3, -0.25) is 4.79 Å². The Hall–Kier alpha value is -0.610. The third-order valence-electron chi connectivity index (χ3n) is 1.13. The van der Waals surface area contributed by atoms with E-state index in [0.29, 0.717) is 10.3 Å². The molecule has 1 heterocycles. The van der Waals surface area contributed by atoms with Crippen molar-refractivity contribution in [3.63, 3.8) is 0 Å². The Balaban J connectivity index is 2.69. The van der Waals surface area contributed by atoms with Crippen LogP contribution < -0.4 is 5.32 Å². The van der Waals surface area contributed by atoms with Crippen molar-refractivity contribution < 1.29 is 4.79 Å². The number of anilines is 1. The minimum absolute atomic E-state index is 0.0417. The lowest BCUT2D eigenvalue weighted by molar-refractivity contribution is -0.113. The first kappa shape index (κ1) is 9.48. The highest BCUT2D eigenvalue weighted by molar-refractivity contribution is 9.10. The van der Waals surface area contributed by atoms with E-state index in [0.717, 1.165) is 0 Å². The second-order valence-corrected chi connectivity index (χ2v) is 3.13. The van der Waals surface area contributed by atoms with Crippen molar-refractivity contribution in [1.29, 1.82) is 0 Å². The van der Waals surface area contributed by atoms with Crippen molar-refractivity contribution in [2.45, 2.75) is 0 Å². The van der Waals surface area contributed by atoms with Gasteiger partial charge in [0.2, 0.25) is 5.91 Å². The second kappa shape index (κ2) is 4.42. The van der Waals surface area contributed by atoms with E-state index in [4.69, 9.17) is 11.6 Å². The second-order valence-electron chi connectivity index (χ2n) is 2.05. The van der Waals surface area contributed by atoms with Crippen molar-refractivity contribution in [2.75, 3.05) is 11.2 Å². The molecule has 0 aliphatic heterocycles. The molecule has 0 radical (unpaired) electrons. The molecule has 0 saturated carbocycles. The summed E-state index contributed by atoms with van der Waals surface area (Å²) in [4.78, 5) is 14.7. The molecule has 1 rings (SSSR count). The van der Waals surface area contributed by atoms with Gasteiger partial charge in [-0.1, -0.05) is 0 Å². The quantitative estimate of drug-likeness (QED) is 0.644. The topological polar surface area (TPSA) is 42.0 Å². The smallest absolute Gasteiger partial charge is 0.239 e. The van der Waals surface area contributed by atoms with Crippen molar-refractivity contribution in [3.8, 4) is 0 Å². The average molecular weight is 249 g/mol. The molecule has 1 N–H and O–H groups in total. The maximum absolute atomic E-state index is 10.8. The fraction of sp³-hybridized carbons (Fsp3) is 0.143. The first-order chi connectivity index (χ1) is 5.72. The summed E-state index contributed by atoms with van der Waals surface area (Å²) >= 11 is 8.48. The lowest BCUT2D eigenvalue weighted by Gasteiger charge is -2.01. The molecule has 0 fully saturated rings. The highest BCUT2D eigenvalue weighted by atomic mass is 79.9. The predicted octanol–water partition coefficient (Wildman–Crippen LogP) is 2.02. The zero-order valence-corrected chi connectivity index (χ0v) is 8.39. The molecule has 64 valence electrons. The number of halogens is 2. The summed E-state index contributed by atoms with van der Waals surface area (Å²) in [6, 6.07) is 3.39. The van der Waals surface area contributed by atoms with E-state index in [-0.39, 0.29) is 11.8 Å². The van der Waals surface area contributed by atoms with Gasteiger partial charge in [-0.15, -0.1) is 11.6 Å². The maximum atomic E-state index is 10.8. The molecule has 1 aromatic heterocycles. The number of carbonyl (C=O) groups excluding carboxylic acids is 1. The highest BCUT2D eigenvalue weighted by Gasteiger charge is 1.99. The number of aromatic nitrogens is 1. The third-order valence-corrected chi connectivity index (χ3v) is 1.81. The maximum Gasteiger partial charge on any atom is 0.239 e. The Morgan fingerprint density at radius 1 is 1.75 bits per heavy atom. The summed E-state index contributed by atoms with van der Waals surface area (Å²) in [5.41, 5.74) is 0.683. The van der Waals surface area contributed by atoms with Crippen LogP contribution in [0, 0.1) is 0 Å². The molecule has 12 heavy (non-hydrogen) atoms. The number of nitrogens with zero attached hydrogens (tertiary/aromatic N) is 1. The van der Waals surface area contributed by atoms with Crippen LogP contribution in [0.25, 0.3) is 0 Å². The van der Waals surface area contributed by atoms with Crippen molar-refractivity contribution >= 4 is 39.1 Å². The van der Waals surface area contributed by atoms with Crippen LogP contribution in [0.5, 0.6) is 0 Å². The van der Waals surface area contributed by atoms with Gasteiger partial charge < -0.3 is 5.32 Å². The molecule has 1 aromatic rings. The molecular formula is C7H6BrClN2O. The molecule has 0 bridgehead atoms. The third kappa shape index (κ3) is 2.79. The van der Waals surface area contributed by atoms with E-state index in [2.05, 4.69) is 26.2 Å². The number of hydrogen-bond acceptors (Lipinski definition) is 2. The van der Waals surface area contributed by atoms with Gasteiger partial charge in [0.25, 0.3) is 0 Å². The molecule has 0 saturated heterocycles. The first-order valence-corrected chi connectivity index (χ1v) is 4.52. The number of nitrogens with one attached hydrogen (secondary N) is 1. The van der Waals surface area contributed by atoms with Crippen LogP contribution in [-0.4, -0.2) is 16.8 Å². The van der Waals surface area contributed by atoms with Gasteiger partial charge in [-0.2, -0.15) is 0 Å². The van der Waals surface area contributed by atoms with E-state index < -0.39 is 0 Å². The highest BCUT2D eigenvalue weighted by Crippen LogP contribution is 2.12. The largest absolute Gasteiger partial charge is 0.325 e. The normalized spacial score (nSPS) is 9.50. The molecule has 0 aromatic carbocycles. The standard InChI is InChI=1S/C7H6BrClN2O/c8-6-3-5(1-2-10-6)11-7(12)4-9/h1-3H,4H2,(H,10,11,12). The molecule has 0 atom stereocenters. The number of amides is 1. The Bertz CT molecular complexity index is 292. The van der Waals surface area contributed by atoms with E-state index >= 15 is 0 Å². The lowest BCUT2D eigenvalue weighted by Crippen LogP contribution is -2.12. The molecule has 0 spiro atoms. The Morgan fingerprint density at radius 3 is 3.08 bits per heavy atom. The van der Waals surface area contributed by atoms with Crippen LogP contribution in [0.2, 0.25) is 0 Å². The Labute approximate surface area is 83.3 Å². The molecule has 0 aliphatic rings. The minimum atomic E-state index is -0.227. The molecular weight excluding hydrogens is 243 g/mol. The van der Waals surface area contributed by atoms with Crippen molar-refractivity contribution in [2.24, 2.45) is 0 Å². The minimum Gasteiger partial charge on any atom is -0.325 e. The molecule has 0 unspecified atom stereocenters. The number of pyridine rings is 1. The summed E-state index contributed by atoms with van der Waals surface area (Å²) in [6.07, 6.45) is 1.59.